The van der Waals surface area contributed by atoms with Gasteiger partial charge >= 0.3 is 0 Å². The molecule has 3 heteroatoms. The zero-order chi connectivity index (χ0) is 9.80. The van der Waals surface area contributed by atoms with Gasteiger partial charge in [-0.05, 0) is 30.9 Å². The van der Waals surface area contributed by atoms with E-state index in [4.69, 9.17) is 0 Å². The van der Waals surface area contributed by atoms with Crippen LogP contribution in [0.25, 0.3) is 0 Å². The number of hydrogen-bond donors (Lipinski definition) is 2. The molecule has 0 aromatic carbocycles. The number of nitrogens with one attached hydrogen (secondary N) is 2. The molecule has 14 heavy (non-hydrogen) atoms. The molecule has 0 radical (unpaired) electrons. The van der Waals surface area contributed by atoms with Gasteiger partial charge < -0.3 is 5.32 Å². The first-order valence-electron chi connectivity index (χ1n) is 5.55. The summed E-state index contributed by atoms with van der Waals surface area (Å²) in [7, 11) is 0. The summed E-state index contributed by atoms with van der Waals surface area (Å²) in [6.07, 6.45) is 6.03. The Morgan fingerprint density at radius 3 is 3.14 bits per heavy atom. The number of aromatic nitrogens is 2. The van der Waals surface area contributed by atoms with Crippen molar-refractivity contribution in [3.8, 4) is 0 Å². The summed E-state index contributed by atoms with van der Waals surface area (Å²) in [6, 6.07) is 2.02. The third-order valence-corrected chi connectivity index (χ3v) is 3.32. The average molecular weight is 193 g/mol. The lowest BCUT2D eigenvalue weighted by molar-refractivity contribution is 0.391. The second-order valence-electron chi connectivity index (χ2n) is 4.38. The quantitative estimate of drug-likeness (QED) is 0.767. The first-order valence-corrected chi connectivity index (χ1v) is 5.55. The van der Waals surface area contributed by atoms with Crippen molar-refractivity contribution in [2.24, 2.45) is 11.8 Å². The lowest BCUT2D eigenvalue weighted by Crippen LogP contribution is -2.24. The highest BCUT2D eigenvalue weighted by atomic mass is 15.1. The predicted octanol–water partition coefficient (Wildman–Crippen LogP) is 1.94. The topological polar surface area (TPSA) is 40.7 Å². The molecule has 2 N–H and O–H groups in total. The van der Waals surface area contributed by atoms with Gasteiger partial charge in [-0.25, -0.2) is 0 Å². The van der Waals surface area contributed by atoms with Crippen molar-refractivity contribution in [3.05, 3.63) is 18.0 Å². The molecule has 3 nitrogen and oxygen atoms in total. The maximum atomic E-state index is 3.92. The van der Waals surface area contributed by atoms with Crippen LogP contribution in [0, 0.1) is 11.8 Å². The van der Waals surface area contributed by atoms with Gasteiger partial charge in [-0.2, -0.15) is 5.10 Å². The Labute approximate surface area is 85.3 Å². The van der Waals surface area contributed by atoms with Crippen molar-refractivity contribution >= 4 is 0 Å². The van der Waals surface area contributed by atoms with Crippen molar-refractivity contribution in [2.75, 3.05) is 6.54 Å². The van der Waals surface area contributed by atoms with Crippen LogP contribution in [0.3, 0.4) is 0 Å². The molecule has 1 heterocycles. The molecular formula is C11H19N3. The molecule has 1 aromatic rings. The van der Waals surface area contributed by atoms with Crippen molar-refractivity contribution in [1.82, 2.24) is 15.5 Å². The SMILES string of the molecule is CC1CCCC1CNCc1ccn[nH]1. The Hall–Kier alpha value is -0.830. The van der Waals surface area contributed by atoms with Gasteiger partial charge in [0.05, 0.1) is 0 Å². The minimum absolute atomic E-state index is 0.887. The summed E-state index contributed by atoms with van der Waals surface area (Å²) in [5, 5.41) is 10.4. The Bertz CT molecular complexity index is 256. The number of nitrogens with zero attached hydrogens (tertiary/aromatic N) is 1. The highest BCUT2D eigenvalue weighted by molar-refractivity contribution is 4.96. The molecule has 0 saturated heterocycles. The summed E-state index contributed by atoms with van der Waals surface area (Å²) >= 11 is 0. The summed E-state index contributed by atoms with van der Waals surface area (Å²) in [5.41, 5.74) is 1.18. The van der Waals surface area contributed by atoms with Gasteiger partial charge in [0.1, 0.15) is 0 Å². The molecule has 1 aliphatic rings. The lowest BCUT2D eigenvalue weighted by Gasteiger charge is -2.15. The van der Waals surface area contributed by atoms with Crippen LogP contribution in [0.5, 0.6) is 0 Å². The smallest absolute Gasteiger partial charge is 0.0490 e. The predicted molar refractivity (Wildman–Crippen MR) is 56.8 cm³/mol. The summed E-state index contributed by atoms with van der Waals surface area (Å²) < 4.78 is 0. The van der Waals surface area contributed by atoms with Crippen LogP contribution in [0.2, 0.25) is 0 Å². The number of hydrogen-bond acceptors (Lipinski definition) is 2. The molecule has 2 rings (SSSR count). The zero-order valence-corrected chi connectivity index (χ0v) is 8.79. The van der Waals surface area contributed by atoms with Crippen LogP contribution in [0.1, 0.15) is 31.9 Å². The molecule has 1 aliphatic carbocycles. The molecule has 0 bridgehead atoms. The minimum Gasteiger partial charge on any atom is -0.311 e. The first kappa shape index (κ1) is 9.71. The number of aromatic amines is 1. The van der Waals surface area contributed by atoms with Crippen LogP contribution in [0.4, 0.5) is 0 Å². The highest BCUT2D eigenvalue weighted by Crippen LogP contribution is 2.30. The van der Waals surface area contributed by atoms with E-state index in [9.17, 15) is 0 Å². The van der Waals surface area contributed by atoms with Crippen LogP contribution in [0.15, 0.2) is 12.3 Å². The van der Waals surface area contributed by atoms with E-state index in [-0.39, 0.29) is 0 Å². The maximum Gasteiger partial charge on any atom is 0.0490 e. The first-order chi connectivity index (χ1) is 6.86. The van der Waals surface area contributed by atoms with Gasteiger partial charge in [-0.15, -0.1) is 0 Å². The van der Waals surface area contributed by atoms with Gasteiger partial charge in [-0.3, -0.25) is 5.10 Å². The van der Waals surface area contributed by atoms with Crippen molar-refractivity contribution in [1.29, 1.82) is 0 Å². The lowest BCUT2D eigenvalue weighted by atomic mass is 9.98. The van der Waals surface area contributed by atoms with E-state index in [2.05, 4.69) is 22.4 Å². The molecule has 0 aliphatic heterocycles. The molecule has 78 valence electrons. The summed E-state index contributed by atoms with van der Waals surface area (Å²) in [6.45, 7) is 4.44. The van der Waals surface area contributed by atoms with Gasteiger partial charge in [0, 0.05) is 18.4 Å². The van der Waals surface area contributed by atoms with Crippen LogP contribution in [-0.4, -0.2) is 16.7 Å². The van der Waals surface area contributed by atoms with Gasteiger partial charge in [0.2, 0.25) is 0 Å². The fourth-order valence-electron chi connectivity index (χ4n) is 2.30. The third-order valence-electron chi connectivity index (χ3n) is 3.32. The van der Waals surface area contributed by atoms with E-state index < -0.39 is 0 Å². The van der Waals surface area contributed by atoms with Gasteiger partial charge in [-0.1, -0.05) is 19.8 Å². The molecular weight excluding hydrogens is 174 g/mol. The van der Waals surface area contributed by atoms with E-state index in [1.165, 1.54) is 25.0 Å². The Morgan fingerprint density at radius 1 is 1.57 bits per heavy atom. The van der Waals surface area contributed by atoms with Crippen LogP contribution < -0.4 is 5.32 Å². The molecule has 0 spiro atoms. The summed E-state index contributed by atoms with van der Waals surface area (Å²) in [5.74, 6) is 1.79. The molecule has 1 aromatic heterocycles. The molecule has 0 amide bonds. The van der Waals surface area contributed by atoms with E-state index in [0.717, 1.165) is 24.9 Å². The fourth-order valence-corrected chi connectivity index (χ4v) is 2.30. The molecule has 2 atom stereocenters. The van der Waals surface area contributed by atoms with Crippen LogP contribution in [-0.2, 0) is 6.54 Å². The molecule has 1 saturated carbocycles. The van der Waals surface area contributed by atoms with Gasteiger partial charge in [0.25, 0.3) is 0 Å². The van der Waals surface area contributed by atoms with Crippen molar-refractivity contribution in [2.45, 2.75) is 32.7 Å². The van der Waals surface area contributed by atoms with E-state index in [0.29, 0.717) is 0 Å². The second kappa shape index (κ2) is 4.60. The minimum atomic E-state index is 0.887. The fraction of sp³-hybridized carbons (Fsp3) is 0.727. The third kappa shape index (κ3) is 2.35. The second-order valence-corrected chi connectivity index (χ2v) is 4.38. The average Bonchev–Trinajstić information content (AvgIpc) is 2.78. The van der Waals surface area contributed by atoms with E-state index >= 15 is 0 Å². The molecule has 1 fully saturated rings. The van der Waals surface area contributed by atoms with Crippen molar-refractivity contribution < 1.29 is 0 Å². The zero-order valence-electron chi connectivity index (χ0n) is 8.79. The van der Waals surface area contributed by atoms with Crippen LogP contribution >= 0.6 is 0 Å². The standard InChI is InChI=1S/C11H19N3/c1-9-3-2-4-10(9)7-12-8-11-5-6-13-14-11/h5-6,9-10,12H,2-4,7-8H2,1H3,(H,13,14). The monoisotopic (exact) mass is 193 g/mol. The Kier molecular flexibility index (Phi) is 3.19. The highest BCUT2D eigenvalue weighted by Gasteiger charge is 2.22. The summed E-state index contributed by atoms with van der Waals surface area (Å²) in [4.78, 5) is 0. The van der Waals surface area contributed by atoms with Crippen molar-refractivity contribution in [3.63, 3.8) is 0 Å². The Morgan fingerprint density at radius 2 is 2.50 bits per heavy atom. The largest absolute Gasteiger partial charge is 0.311 e. The Balaban J connectivity index is 1.68. The van der Waals surface area contributed by atoms with E-state index in [1.807, 2.05) is 6.07 Å². The van der Waals surface area contributed by atoms with E-state index in [1.54, 1.807) is 6.20 Å². The number of H-pyrrole nitrogens is 1. The molecule has 2 unspecified atom stereocenters. The number of rotatable bonds is 4. The normalized spacial score (nSPS) is 26.9. The van der Waals surface area contributed by atoms with Gasteiger partial charge in [0.15, 0.2) is 0 Å². The maximum absolute atomic E-state index is 3.92.